The predicted octanol–water partition coefficient (Wildman–Crippen LogP) is 2.26. The number of hydrogen-bond donors (Lipinski definition) is 1. The van der Waals surface area contributed by atoms with E-state index in [1.54, 1.807) is 6.07 Å². The van der Waals surface area contributed by atoms with Gasteiger partial charge in [0.1, 0.15) is 0 Å². The molecular formula is C23H24N4O3. The molecule has 154 valence electrons. The minimum atomic E-state index is -0.682. The molecule has 7 heteroatoms. The maximum atomic E-state index is 13.2. The molecule has 0 unspecified atom stereocenters. The number of aryl methyl sites for hydroxylation is 3. The first kappa shape index (κ1) is 19.8. The average Bonchev–Trinajstić information content (AvgIpc) is 3.53. The van der Waals surface area contributed by atoms with Gasteiger partial charge in [-0.25, -0.2) is 4.79 Å². The number of rotatable bonds is 5. The molecule has 0 radical (unpaired) electrons. The Morgan fingerprint density at radius 3 is 2.37 bits per heavy atom. The normalized spacial score (nSPS) is 13.3. The van der Waals surface area contributed by atoms with Crippen LogP contribution in [0.25, 0.3) is 5.69 Å². The highest BCUT2D eigenvalue weighted by molar-refractivity contribution is 5.92. The molecule has 0 atom stereocenters. The van der Waals surface area contributed by atoms with Crippen LogP contribution in [0.3, 0.4) is 0 Å². The Hall–Kier alpha value is -3.48. The van der Waals surface area contributed by atoms with Crippen molar-refractivity contribution in [3.05, 3.63) is 91.3 Å². The summed E-state index contributed by atoms with van der Waals surface area (Å²) < 4.78 is 2.22. The molecule has 1 fully saturated rings. The summed E-state index contributed by atoms with van der Waals surface area (Å²) in [5.74, 6) is -0.544. The summed E-state index contributed by atoms with van der Waals surface area (Å²) >= 11 is 0. The van der Waals surface area contributed by atoms with Gasteiger partial charge in [-0.3, -0.25) is 14.2 Å². The summed E-state index contributed by atoms with van der Waals surface area (Å²) in [6.07, 6.45) is 1.78. The summed E-state index contributed by atoms with van der Waals surface area (Å²) in [5, 5.41) is 6.97. The van der Waals surface area contributed by atoms with E-state index in [1.807, 2.05) is 57.2 Å². The molecule has 0 aliphatic heterocycles. The Balaban J connectivity index is 1.87. The van der Waals surface area contributed by atoms with E-state index in [9.17, 15) is 14.4 Å². The highest BCUT2D eigenvalue weighted by Crippen LogP contribution is 2.19. The molecule has 0 spiro atoms. The van der Waals surface area contributed by atoms with E-state index in [4.69, 9.17) is 0 Å². The number of nitrogens with zero attached hydrogens (tertiary/aromatic N) is 3. The van der Waals surface area contributed by atoms with Gasteiger partial charge in [-0.2, -0.15) is 9.78 Å². The maximum absolute atomic E-state index is 13.2. The van der Waals surface area contributed by atoms with Crippen molar-refractivity contribution in [1.82, 2.24) is 19.7 Å². The summed E-state index contributed by atoms with van der Waals surface area (Å²) in [5.41, 5.74) is 2.93. The highest BCUT2D eigenvalue weighted by atomic mass is 16.2. The summed E-state index contributed by atoms with van der Waals surface area (Å²) in [4.78, 5) is 38.9. The van der Waals surface area contributed by atoms with Gasteiger partial charge in [-0.1, -0.05) is 35.9 Å². The third kappa shape index (κ3) is 3.96. The largest absolute Gasteiger partial charge is 0.352 e. The van der Waals surface area contributed by atoms with E-state index in [0.717, 1.165) is 44.3 Å². The van der Waals surface area contributed by atoms with Gasteiger partial charge >= 0.3 is 5.69 Å². The van der Waals surface area contributed by atoms with Crippen LogP contribution in [0.1, 0.15) is 45.6 Å². The van der Waals surface area contributed by atoms with Crippen LogP contribution >= 0.6 is 0 Å². The first-order chi connectivity index (χ1) is 14.3. The second-order valence-electron chi connectivity index (χ2n) is 7.94. The molecule has 1 heterocycles. The number of carbonyl (C=O) groups excluding carboxylic acids is 1. The Kier molecular flexibility index (Phi) is 5.11. The molecule has 1 amide bonds. The molecule has 1 aliphatic carbocycles. The van der Waals surface area contributed by atoms with Crippen molar-refractivity contribution >= 4 is 5.91 Å². The first-order valence-corrected chi connectivity index (χ1v) is 10.0. The lowest BCUT2D eigenvalue weighted by molar-refractivity contribution is 0.0941. The third-order valence-electron chi connectivity index (χ3n) is 5.38. The second kappa shape index (κ2) is 7.74. The fraction of sp³-hybridized carbons (Fsp3) is 0.304. The lowest BCUT2D eigenvalue weighted by atomic mass is 10.1. The molecule has 3 aromatic rings. The van der Waals surface area contributed by atoms with E-state index >= 15 is 0 Å². The number of amides is 1. The number of benzene rings is 2. The van der Waals surface area contributed by atoms with Crippen molar-refractivity contribution in [2.75, 3.05) is 0 Å². The molecule has 0 bridgehead atoms. The van der Waals surface area contributed by atoms with Crippen LogP contribution in [-0.2, 0) is 6.54 Å². The number of carbonyl (C=O) groups is 1. The fourth-order valence-electron chi connectivity index (χ4n) is 3.18. The van der Waals surface area contributed by atoms with Crippen LogP contribution in [0.2, 0.25) is 0 Å². The van der Waals surface area contributed by atoms with Gasteiger partial charge in [0.25, 0.3) is 11.5 Å². The maximum Gasteiger partial charge on any atom is 0.352 e. The van der Waals surface area contributed by atoms with Crippen LogP contribution < -0.4 is 16.6 Å². The van der Waals surface area contributed by atoms with Gasteiger partial charge in [0.2, 0.25) is 5.69 Å². The lowest BCUT2D eigenvalue weighted by Crippen LogP contribution is -2.46. The van der Waals surface area contributed by atoms with Crippen LogP contribution in [0.4, 0.5) is 0 Å². The van der Waals surface area contributed by atoms with Crippen molar-refractivity contribution in [3.8, 4) is 5.69 Å². The highest BCUT2D eigenvalue weighted by Gasteiger charge is 2.27. The zero-order valence-corrected chi connectivity index (χ0v) is 17.3. The average molecular weight is 404 g/mol. The van der Waals surface area contributed by atoms with Crippen LogP contribution in [0.5, 0.6) is 0 Å². The zero-order chi connectivity index (χ0) is 21.4. The van der Waals surface area contributed by atoms with Crippen molar-refractivity contribution < 1.29 is 4.79 Å². The van der Waals surface area contributed by atoms with E-state index in [-0.39, 0.29) is 18.3 Å². The van der Waals surface area contributed by atoms with E-state index in [0.29, 0.717) is 5.69 Å². The van der Waals surface area contributed by atoms with Crippen molar-refractivity contribution in [1.29, 1.82) is 0 Å². The molecule has 1 saturated carbocycles. The van der Waals surface area contributed by atoms with Gasteiger partial charge in [-0.05, 0) is 62.4 Å². The van der Waals surface area contributed by atoms with Gasteiger partial charge in [-0.15, -0.1) is 0 Å². The van der Waals surface area contributed by atoms with Crippen LogP contribution in [0.15, 0.2) is 52.1 Å². The fourth-order valence-corrected chi connectivity index (χ4v) is 3.18. The van der Waals surface area contributed by atoms with Crippen molar-refractivity contribution in [2.24, 2.45) is 0 Å². The minimum Gasteiger partial charge on any atom is -0.348 e. The first-order valence-electron chi connectivity index (χ1n) is 10.0. The monoisotopic (exact) mass is 404 g/mol. The molecule has 0 saturated heterocycles. The summed E-state index contributed by atoms with van der Waals surface area (Å²) in [7, 11) is 0. The number of aromatic nitrogens is 3. The standard InChI is InChI=1S/C23H24N4O3/c1-14-4-7-17(8-5-14)13-26-22(29)20(21(28)24-18-9-10-18)25-27(23(26)30)19-11-6-15(2)16(3)12-19/h4-8,11-12,18H,9-10,13H2,1-3H3,(H,24,28). The topological polar surface area (TPSA) is 86.0 Å². The number of nitrogens with one attached hydrogen (secondary N) is 1. The Bertz CT molecular complexity index is 1230. The third-order valence-corrected chi connectivity index (χ3v) is 5.38. The Morgan fingerprint density at radius 2 is 1.73 bits per heavy atom. The molecule has 1 N–H and O–H groups in total. The lowest BCUT2D eigenvalue weighted by Gasteiger charge is -2.13. The van der Waals surface area contributed by atoms with E-state index in [2.05, 4.69) is 10.4 Å². The molecule has 2 aromatic carbocycles. The molecular weight excluding hydrogens is 380 g/mol. The Labute approximate surface area is 174 Å². The second-order valence-corrected chi connectivity index (χ2v) is 7.94. The van der Waals surface area contributed by atoms with Crippen LogP contribution in [-0.4, -0.2) is 26.3 Å². The van der Waals surface area contributed by atoms with Gasteiger partial charge in [0.05, 0.1) is 12.2 Å². The quantitative estimate of drug-likeness (QED) is 0.707. The smallest absolute Gasteiger partial charge is 0.348 e. The van der Waals surface area contributed by atoms with Gasteiger partial charge < -0.3 is 5.32 Å². The summed E-state index contributed by atoms with van der Waals surface area (Å²) in [6, 6.07) is 13.1. The van der Waals surface area contributed by atoms with Crippen molar-refractivity contribution in [3.63, 3.8) is 0 Å². The molecule has 4 rings (SSSR count). The molecule has 1 aliphatic rings. The minimum absolute atomic E-state index is 0.0645. The SMILES string of the molecule is Cc1ccc(Cn2c(=O)c(C(=O)NC3CC3)nn(-c3ccc(C)c(C)c3)c2=O)cc1. The molecule has 30 heavy (non-hydrogen) atoms. The molecule has 7 nitrogen and oxygen atoms in total. The summed E-state index contributed by atoms with van der Waals surface area (Å²) in [6.45, 7) is 5.94. The van der Waals surface area contributed by atoms with Gasteiger partial charge in [0, 0.05) is 6.04 Å². The van der Waals surface area contributed by atoms with Crippen molar-refractivity contribution in [2.45, 2.75) is 46.2 Å². The van der Waals surface area contributed by atoms with E-state index < -0.39 is 17.2 Å². The van der Waals surface area contributed by atoms with E-state index in [1.165, 1.54) is 0 Å². The molecule has 1 aromatic heterocycles. The van der Waals surface area contributed by atoms with Crippen LogP contribution in [0, 0.1) is 20.8 Å². The zero-order valence-electron chi connectivity index (χ0n) is 17.3. The van der Waals surface area contributed by atoms with Gasteiger partial charge in [0.15, 0.2) is 0 Å². The predicted molar refractivity (Wildman–Crippen MR) is 114 cm³/mol. The Morgan fingerprint density at radius 1 is 1.03 bits per heavy atom. The number of hydrogen-bond acceptors (Lipinski definition) is 4.